The summed E-state index contributed by atoms with van der Waals surface area (Å²) in [5.74, 6) is 1.07. The highest BCUT2D eigenvalue weighted by atomic mass is 32.2. The third kappa shape index (κ3) is 14.9. The summed E-state index contributed by atoms with van der Waals surface area (Å²) in [6, 6.07) is 5.36. The number of ether oxygens (including phenoxy) is 1. The number of nitrogens with one attached hydrogen (secondary N) is 1. The SMILES string of the molecule is C=O.Cc1cc(/C=C2\SC(=O)NC2=O)ccc1OC(=O)CCCCC1CCCCC1.O=C(O)CCCCC1CCCCC1. The van der Waals surface area contributed by atoms with Crippen LogP contribution < -0.4 is 10.1 Å². The van der Waals surface area contributed by atoms with Gasteiger partial charge in [-0.25, -0.2) is 0 Å². The summed E-state index contributed by atoms with van der Waals surface area (Å²) < 4.78 is 5.50. The highest BCUT2D eigenvalue weighted by molar-refractivity contribution is 8.18. The Morgan fingerprint density at radius 2 is 1.47 bits per heavy atom. The third-order valence-electron chi connectivity index (χ3n) is 8.31. The number of amides is 2. The zero-order chi connectivity index (χ0) is 31.5. The van der Waals surface area contributed by atoms with Crippen molar-refractivity contribution in [1.82, 2.24) is 5.32 Å². The van der Waals surface area contributed by atoms with E-state index in [9.17, 15) is 19.2 Å². The summed E-state index contributed by atoms with van der Waals surface area (Å²) in [6.45, 7) is 3.86. The molecule has 0 bridgehead atoms. The van der Waals surface area contributed by atoms with Crippen LogP contribution in [-0.2, 0) is 19.2 Å². The topological polar surface area (TPSA) is 127 Å². The molecule has 1 aliphatic heterocycles. The zero-order valence-corrected chi connectivity index (χ0v) is 26.5. The maximum Gasteiger partial charge on any atom is 0.311 e. The smallest absolute Gasteiger partial charge is 0.311 e. The van der Waals surface area contributed by atoms with E-state index in [1.54, 1.807) is 18.2 Å². The fourth-order valence-electron chi connectivity index (χ4n) is 5.99. The average molecular weight is 616 g/mol. The van der Waals surface area contributed by atoms with Gasteiger partial charge in [0.2, 0.25) is 0 Å². The zero-order valence-electron chi connectivity index (χ0n) is 25.7. The van der Waals surface area contributed by atoms with Crippen molar-refractivity contribution in [3.63, 3.8) is 0 Å². The number of thioether (sulfide) groups is 1. The molecular formula is C34H49NO7S. The first-order chi connectivity index (χ1) is 20.8. The van der Waals surface area contributed by atoms with Gasteiger partial charge >= 0.3 is 11.9 Å². The molecule has 238 valence electrons. The summed E-state index contributed by atoms with van der Waals surface area (Å²) in [6.07, 6.45) is 22.6. The number of rotatable bonds is 12. The van der Waals surface area contributed by atoms with E-state index in [1.807, 2.05) is 19.8 Å². The van der Waals surface area contributed by atoms with Crippen LogP contribution in [-0.4, -0.2) is 35.0 Å². The Labute approximate surface area is 260 Å². The molecule has 3 fully saturated rings. The number of carboxylic acid groups (broad SMARTS) is 1. The van der Waals surface area contributed by atoms with Crippen molar-refractivity contribution in [2.45, 2.75) is 122 Å². The molecular weight excluding hydrogens is 566 g/mol. The summed E-state index contributed by atoms with van der Waals surface area (Å²) in [7, 11) is 0. The number of benzene rings is 1. The van der Waals surface area contributed by atoms with Gasteiger partial charge in [0.25, 0.3) is 11.1 Å². The summed E-state index contributed by atoms with van der Waals surface area (Å²) in [5.41, 5.74) is 1.61. The minimum absolute atomic E-state index is 0.200. The van der Waals surface area contributed by atoms with Crippen molar-refractivity contribution in [1.29, 1.82) is 0 Å². The Kier molecular flexibility index (Phi) is 17.6. The predicted molar refractivity (Wildman–Crippen MR) is 171 cm³/mol. The van der Waals surface area contributed by atoms with Gasteiger partial charge in [0.05, 0.1) is 4.91 Å². The van der Waals surface area contributed by atoms with Crippen LogP contribution in [0, 0.1) is 18.8 Å². The molecule has 1 heterocycles. The van der Waals surface area contributed by atoms with Crippen molar-refractivity contribution in [3.05, 3.63) is 34.2 Å². The van der Waals surface area contributed by atoms with Gasteiger partial charge in [-0.2, -0.15) is 0 Å². The standard InChI is InChI=1S/C22H27NO4S.C11H20O2.CH2O/c1-15-13-17(14-19-21(25)23-22(26)28-19)11-12-18(15)27-20(24)10-6-5-9-16-7-3-2-4-8-16;12-11(13)9-5-4-8-10-6-2-1-3-7-10;1-2/h11-14,16H,2-10H2,1H3,(H,23,25,26);10H,1-9H2,(H,12,13);1H2/b19-14-;;. The first-order valence-corrected chi connectivity index (χ1v) is 16.7. The quantitative estimate of drug-likeness (QED) is 0.104. The lowest BCUT2D eigenvalue weighted by Crippen LogP contribution is -2.17. The number of carboxylic acids is 1. The molecule has 0 unspecified atom stereocenters. The molecule has 1 aromatic rings. The Morgan fingerprint density at radius 3 is 1.95 bits per heavy atom. The molecule has 4 rings (SSSR count). The largest absolute Gasteiger partial charge is 0.481 e. The Bertz CT molecular complexity index is 1070. The van der Waals surface area contributed by atoms with E-state index in [4.69, 9.17) is 14.6 Å². The van der Waals surface area contributed by atoms with Gasteiger partial charge in [-0.05, 0) is 72.7 Å². The van der Waals surface area contributed by atoms with Crippen LogP contribution in [0.4, 0.5) is 4.79 Å². The van der Waals surface area contributed by atoms with Crippen LogP contribution in [0.1, 0.15) is 127 Å². The number of unbranched alkanes of at least 4 members (excludes halogenated alkanes) is 2. The monoisotopic (exact) mass is 615 g/mol. The van der Waals surface area contributed by atoms with E-state index in [0.717, 1.165) is 60.4 Å². The molecule has 2 saturated carbocycles. The average Bonchev–Trinajstić information content (AvgIpc) is 3.33. The number of esters is 1. The van der Waals surface area contributed by atoms with E-state index in [2.05, 4.69) is 5.32 Å². The van der Waals surface area contributed by atoms with E-state index < -0.39 is 5.97 Å². The lowest BCUT2D eigenvalue weighted by molar-refractivity contribution is -0.137. The Morgan fingerprint density at radius 1 is 0.907 bits per heavy atom. The molecule has 1 saturated heterocycles. The summed E-state index contributed by atoms with van der Waals surface area (Å²) in [4.78, 5) is 53.6. The number of carbonyl (C=O) groups is 5. The number of hydrogen-bond acceptors (Lipinski definition) is 7. The lowest BCUT2D eigenvalue weighted by Gasteiger charge is -2.21. The van der Waals surface area contributed by atoms with Gasteiger partial charge in [-0.15, -0.1) is 0 Å². The molecule has 0 aromatic heterocycles. The fourth-order valence-corrected chi connectivity index (χ4v) is 6.67. The van der Waals surface area contributed by atoms with Crippen LogP contribution >= 0.6 is 11.8 Å². The van der Waals surface area contributed by atoms with E-state index in [0.29, 0.717) is 23.5 Å². The third-order valence-corrected chi connectivity index (χ3v) is 9.12. The molecule has 3 aliphatic rings. The second-order valence-electron chi connectivity index (χ2n) is 11.7. The number of carbonyl (C=O) groups excluding carboxylic acids is 4. The highest BCUT2D eigenvalue weighted by Gasteiger charge is 2.25. The maximum absolute atomic E-state index is 12.1. The van der Waals surface area contributed by atoms with E-state index in [-0.39, 0.29) is 17.1 Å². The van der Waals surface area contributed by atoms with Crippen molar-refractivity contribution >= 4 is 47.7 Å². The van der Waals surface area contributed by atoms with Gasteiger partial charge in [0, 0.05) is 12.8 Å². The van der Waals surface area contributed by atoms with E-state index in [1.165, 1.54) is 77.0 Å². The molecule has 2 amide bonds. The van der Waals surface area contributed by atoms with Gasteiger partial charge < -0.3 is 14.6 Å². The number of hydrogen-bond donors (Lipinski definition) is 2. The second-order valence-corrected chi connectivity index (χ2v) is 12.8. The number of imide groups is 1. The maximum atomic E-state index is 12.1. The molecule has 43 heavy (non-hydrogen) atoms. The molecule has 8 nitrogen and oxygen atoms in total. The van der Waals surface area contributed by atoms with Gasteiger partial charge in [0.15, 0.2) is 0 Å². The normalized spacial score (nSPS) is 18.2. The minimum atomic E-state index is -0.649. The predicted octanol–water partition coefficient (Wildman–Crippen LogP) is 8.39. The van der Waals surface area contributed by atoms with Gasteiger partial charge in [-0.1, -0.05) is 96.0 Å². The second kappa shape index (κ2) is 20.9. The lowest BCUT2D eigenvalue weighted by atomic mass is 9.86. The molecule has 9 heteroatoms. The van der Waals surface area contributed by atoms with Gasteiger partial charge in [-0.3, -0.25) is 24.5 Å². The highest BCUT2D eigenvalue weighted by Crippen LogP contribution is 2.30. The van der Waals surface area contributed by atoms with E-state index >= 15 is 0 Å². The molecule has 0 atom stereocenters. The van der Waals surface area contributed by atoms with Crippen LogP contribution in [0.2, 0.25) is 0 Å². The Hall–Kier alpha value is -2.94. The molecule has 1 aromatic carbocycles. The van der Waals surface area contributed by atoms with Crippen molar-refractivity contribution in [2.24, 2.45) is 11.8 Å². The van der Waals surface area contributed by atoms with Crippen LogP contribution in [0.3, 0.4) is 0 Å². The van der Waals surface area contributed by atoms with Crippen LogP contribution in [0.15, 0.2) is 23.1 Å². The minimum Gasteiger partial charge on any atom is -0.481 e. The van der Waals surface area contributed by atoms with Gasteiger partial charge in [0.1, 0.15) is 12.5 Å². The van der Waals surface area contributed by atoms with Crippen LogP contribution in [0.25, 0.3) is 6.08 Å². The first-order valence-electron chi connectivity index (χ1n) is 15.9. The number of aliphatic carboxylic acids is 1. The van der Waals surface area contributed by atoms with Crippen molar-refractivity contribution < 1.29 is 33.8 Å². The van der Waals surface area contributed by atoms with Crippen LogP contribution in [0.5, 0.6) is 5.75 Å². The molecule has 0 spiro atoms. The molecule has 2 aliphatic carbocycles. The first kappa shape index (κ1) is 36.3. The molecule has 0 radical (unpaired) electrons. The fraction of sp³-hybridized carbons (Fsp3) is 0.618. The van der Waals surface area contributed by atoms with Crippen molar-refractivity contribution in [2.75, 3.05) is 0 Å². The molecule has 2 N–H and O–H groups in total. The Balaban J connectivity index is 0.000000360. The van der Waals surface area contributed by atoms with Crippen molar-refractivity contribution in [3.8, 4) is 5.75 Å². The summed E-state index contributed by atoms with van der Waals surface area (Å²) >= 11 is 0.887. The number of aryl methyl sites for hydroxylation is 1. The summed E-state index contributed by atoms with van der Waals surface area (Å²) in [5, 5.41) is 10.3.